The van der Waals surface area contributed by atoms with Crippen LogP contribution in [-0.2, 0) is 9.53 Å². The van der Waals surface area contributed by atoms with E-state index >= 15 is 0 Å². The minimum atomic E-state index is 0. The Kier molecular flexibility index (Phi) is 7.68. The van der Waals surface area contributed by atoms with Crippen LogP contribution in [0, 0.1) is 0 Å². The van der Waals surface area contributed by atoms with Gasteiger partial charge < -0.3 is 15.4 Å². The molecule has 2 N–H and O–H groups in total. The van der Waals surface area contributed by atoms with Crippen LogP contribution in [0.5, 0.6) is 0 Å². The van der Waals surface area contributed by atoms with Crippen LogP contribution in [0.1, 0.15) is 25.7 Å². The van der Waals surface area contributed by atoms with Crippen LogP contribution in [0.4, 0.5) is 0 Å². The first-order valence-corrected chi connectivity index (χ1v) is 7.05. The lowest BCUT2D eigenvalue weighted by molar-refractivity contribution is -0.123. The van der Waals surface area contributed by atoms with Crippen LogP contribution in [0.25, 0.3) is 0 Å². The minimum absolute atomic E-state index is 0. The number of halogens is 1. The van der Waals surface area contributed by atoms with Gasteiger partial charge in [-0.3, -0.25) is 9.69 Å². The van der Waals surface area contributed by atoms with Crippen LogP contribution in [0.15, 0.2) is 0 Å². The van der Waals surface area contributed by atoms with Crippen molar-refractivity contribution in [2.24, 2.45) is 0 Å². The highest BCUT2D eigenvalue weighted by Gasteiger charge is 2.26. The lowest BCUT2D eigenvalue weighted by atomic mass is 10.2. The van der Waals surface area contributed by atoms with Crippen molar-refractivity contribution < 1.29 is 9.53 Å². The van der Waals surface area contributed by atoms with Gasteiger partial charge >= 0.3 is 0 Å². The van der Waals surface area contributed by atoms with E-state index in [1.807, 2.05) is 0 Å². The molecule has 2 fully saturated rings. The van der Waals surface area contributed by atoms with Gasteiger partial charge in [0.15, 0.2) is 0 Å². The molecule has 0 spiro atoms. The van der Waals surface area contributed by atoms with E-state index in [1.165, 1.54) is 12.8 Å². The average Bonchev–Trinajstić information content (AvgIpc) is 3.04. The number of carbonyl (C=O) groups is 1. The molecule has 2 saturated heterocycles. The maximum atomic E-state index is 11.9. The molecular weight excluding hydrogens is 266 g/mol. The molecule has 0 bridgehead atoms. The normalized spacial score (nSPS) is 27.2. The zero-order valence-corrected chi connectivity index (χ0v) is 12.5. The molecule has 0 saturated carbocycles. The number of rotatable bonds is 6. The summed E-state index contributed by atoms with van der Waals surface area (Å²) in [4.78, 5) is 14.3. The van der Waals surface area contributed by atoms with Gasteiger partial charge in [0, 0.05) is 26.2 Å². The Morgan fingerprint density at radius 2 is 2.26 bits per heavy atom. The summed E-state index contributed by atoms with van der Waals surface area (Å²) in [6, 6.07) is 0.532. The van der Waals surface area contributed by atoms with Gasteiger partial charge in [-0.1, -0.05) is 0 Å². The zero-order valence-electron chi connectivity index (χ0n) is 11.7. The van der Waals surface area contributed by atoms with Gasteiger partial charge in [0.25, 0.3) is 0 Å². The molecule has 2 rings (SSSR count). The second-order valence-corrected chi connectivity index (χ2v) is 5.22. The molecule has 5 nitrogen and oxygen atoms in total. The molecule has 1 amide bonds. The van der Waals surface area contributed by atoms with E-state index < -0.39 is 0 Å². The molecule has 19 heavy (non-hydrogen) atoms. The maximum Gasteiger partial charge on any atom is 0.237 e. The van der Waals surface area contributed by atoms with E-state index in [9.17, 15) is 4.79 Å². The van der Waals surface area contributed by atoms with Crippen molar-refractivity contribution in [2.45, 2.75) is 37.8 Å². The van der Waals surface area contributed by atoms with Gasteiger partial charge in [-0.15, -0.1) is 12.4 Å². The molecule has 2 aliphatic heterocycles. The van der Waals surface area contributed by atoms with E-state index in [-0.39, 0.29) is 24.4 Å². The van der Waals surface area contributed by atoms with Crippen molar-refractivity contribution in [3.63, 3.8) is 0 Å². The number of hydrogen-bond acceptors (Lipinski definition) is 4. The molecule has 6 heteroatoms. The van der Waals surface area contributed by atoms with Crippen molar-refractivity contribution in [1.82, 2.24) is 15.5 Å². The van der Waals surface area contributed by atoms with Crippen molar-refractivity contribution in [1.29, 1.82) is 0 Å². The fourth-order valence-electron chi connectivity index (χ4n) is 2.88. The minimum Gasteiger partial charge on any atom is -0.383 e. The lowest BCUT2D eigenvalue weighted by Crippen LogP contribution is -2.46. The Balaban J connectivity index is 0.00000180. The predicted molar refractivity (Wildman–Crippen MR) is 77.8 cm³/mol. The van der Waals surface area contributed by atoms with Crippen LogP contribution in [0.2, 0.25) is 0 Å². The Labute approximate surface area is 121 Å². The maximum absolute atomic E-state index is 11.9. The van der Waals surface area contributed by atoms with Gasteiger partial charge in [-0.25, -0.2) is 0 Å². The Morgan fingerprint density at radius 3 is 2.95 bits per heavy atom. The van der Waals surface area contributed by atoms with Crippen molar-refractivity contribution >= 4 is 18.3 Å². The molecule has 0 aliphatic carbocycles. The fraction of sp³-hybridized carbons (Fsp3) is 0.923. The van der Waals surface area contributed by atoms with E-state index in [0.29, 0.717) is 6.04 Å². The number of likely N-dealkylation sites (tertiary alicyclic amines) is 1. The van der Waals surface area contributed by atoms with Crippen molar-refractivity contribution in [3.05, 3.63) is 0 Å². The molecule has 0 aromatic rings. The number of amides is 1. The Hall–Kier alpha value is -0.360. The summed E-state index contributed by atoms with van der Waals surface area (Å²) in [5.74, 6) is 0.172. The summed E-state index contributed by atoms with van der Waals surface area (Å²) in [5, 5.41) is 6.32. The smallest absolute Gasteiger partial charge is 0.237 e. The number of ether oxygens (including phenoxy) is 1. The summed E-state index contributed by atoms with van der Waals surface area (Å²) in [7, 11) is 1.73. The average molecular weight is 292 g/mol. The van der Waals surface area contributed by atoms with E-state index in [4.69, 9.17) is 4.74 Å². The first-order valence-electron chi connectivity index (χ1n) is 7.05. The molecule has 2 atom stereocenters. The standard InChI is InChI=1S/C13H25N3O2.ClH/c1-18-9-8-16-7-3-4-11(16)10-15-13(17)12-5-2-6-14-12;/h11-12,14H,2-10H2,1H3,(H,15,17);1H/t11?,12-;/m0./s1. The highest BCUT2D eigenvalue weighted by Crippen LogP contribution is 2.16. The molecule has 2 heterocycles. The summed E-state index contributed by atoms with van der Waals surface area (Å²) < 4.78 is 5.12. The Bertz CT molecular complexity index is 273. The number of carbonyl (C=O) groups excluding carboxylic acids is 1. The quantitative estimate of drug-likeness (QED) is 0.743. The van der Waals surface area contributed by atoms with Crippen molar-refractivity contribution in [3.8, 4) is 0 Å². The predicted octanol–water partition coefficient (Wildman–Crippen LogP) is 0.387. The molecule has 112 valence electrons. The number of methoxy groups -OCH3 is 1. The van der Waals surface area contributed by atoms with Gasteiger partial charge in [-0.2, -0.15) is 0 Å². The first kappa shape index (κ1) is 16.7. The third-order valence-electron chi connectivity index (χ3n) is 3.97. The summed E-state index contributed by atoms with van der Waals surface area (Å²) in [6.07, 6.45) is 4.50. The number of nitrogens with zero attached hydrogens (tertiary/aromatic N) is 1. The Morgan fingerprint density at radius 1 is 1.42 bits per heavy atom. The first-order chi connectivity index (χ1) is 8.81. The number of hydrogen-bond donors (Lipinski definition) is 2. The van der Waals surface area contributed by atoms with E-state index in [1.54, 1.807) is 7.11 Å². The third kappa shape index (κ3) is 4.91. The SMILES string of the molecule is COCCN1CCCC1CNC(=O)[C@@H]1CCCN1.Cl. The molecule has 0 aromatic carbocycles. The van der Waals surface area contributed by atoms with Crippen LogP contribution in [-0.4, -0.2) is 62.8 Å². The molecule has 0 radical (unpaired) electrons. The van der Waals surface area contributed by atoms with Gasteiger partial charge in [0.05, 0.1) is 12.6 Å². The van der Waals surface area contributed by atoms with E-state index in [0.717, 1.165) is 45.6 Å². The zero-order chi connectivity index (χ0) is 12.8. The second kappa shape index (κ2) is 8.74. The monoisotopic (exact) mass is 291 g/mol. The van der Waals surface area contributed by atoms with Gasteiger partial charge in [-0.05, 0) is 38.8 Å². The highest BCUT2D eigenvalue weighted by molar-refractivity contribution is 5.85. The van der Waals surface area contributed by atoms with Crippen LogP contribution in [0.3, 0.4) is 0 Å². The lowest BCUT2D eigenvalue weighted by Gasteiger charge is -2.24. The van der Waals surface area contributed by atoms with Gasteiger partial charge in [0.2, 0.25) is 5.91 Å². The van der Waals surface area contributed by atoms with Crippen molar-refractivity contribution in [2.75, 3.05) is 39.9 Å². The van der Waals surface area contributed by atoms with Gasteiger partial charge in [0.1, 0.15) is 0 Å². The fourth-order valence-corrected chi connectivity index (χ4v) is 2.88. The molecule has 2 aliphatic rings. The summed E-state index contributed by atoms with van der Waals surface area (Å²) in [5.41, 5.74) is 0. The van der Waals surface area contributed by atoms with E-state index in [2.05, 4.69) is 15.5 Å². The summed E-state index contributed by atoms with van der Waals surface area (Å²) >= 11 is 0. The highest BCUT2D eigenvalue weighted by atomic mass is 35.5. The molecule has 1 unspecified atom stereocenters. The number of nitrogens with one attached hydrogen (secondary N) is 2. The van der Waals surface area contributed by atoms with Crippen LogP contribution < -0.4 is 10.6 Å². The molecular formula is C13H26ClN3O2. The topological polar surface area (TPSA) is 53.6 Å². The van der Waals surface area contributed by atoms with Crippen LogP contribution >= 0.6 is 12.4 Å². The summed E-state index contributed by atoms with van der Waals surface area (Å²) in [6.45, 7) is 4.63. The second-order valence-electron chi connectivity index (χ2n) is 5.22. The third-order valence-corrected chi connectivity index (χ3v) is 3.97. The largest absolute Gasteiger partial charge is 0.383 e. The molecule has 0 aromatic heterocycles.